The first-order valence-corrected chi connectivity index (χ1v) is 8.79. The van der Waals surface area contributed by atoms with E-state index in [0.29, 0.717) is 25.5 Å². The third kappa shape index (κ3) is 3.45. The molecule has 1 aromatic heterocycles. The van der Waals surface area contributed by atoms with Crippen molar-refractivity contribution in [3.05, 3.63) is 53.4 Å². The van der Waals surface area contributed by atoms with Gasteiger partial charge >= 0.3 is 0 Å². The molecule has 2 atom stereocenters. The summed E-state index contributed by atoms with van der Waals surface area (Å²) < 4.78 is 11.0. The van der Waals surface area contributed by atoms with Gasteiger partial charge in [0.1, 0.15) is 5.76 Å². The Labute approximate surface area is 147 Å². The summed E-state index contributed by atoms with van der Waals surface area (Å²) in [7, 11) is 0. The quantitative estimate of drug-likeness (QED) is 0.852. The minimum Gasteiger partial charge on any atom is -0.378 e. The molecule has 0 bridgehead atoms. The topological polar surface area (TPSA) is 58.8 Å². The molecule has 0 N–H and O–H groups in total. The second-order valence-electron chi connectivity index (χ2n) is 6.81. The van der Waals surface area contributed by atoms with Gasteiger partial charge in [0, 0.05) is 25.7 Å². The van der Waals surface area contributed by atoms with Crippen LogP contribution in [0.4, 0.5) is 0 Å². The number of rotatable bonds is 3. The second-order valence-corrected chi connectivity index (χ2v) is 6.81. The first kappa shape index (κ1) is 16.3. The minimum atomic E-state index is 0.0950. The number of aromatic nitrogens is 1. The molecule has 1 aromatic carbocycles. The van der Waals surface area contributed by atoms with Gasteiger partial charge in [-0.1, -0.05) is 35.5 Å². The van der Waals surface area contributed by atoms with Crippen LogP contribution in [0.2, 0.25) is 0 Å². The Morgan fingerprint density at radius 2 is 2.08 bits per heavy atom. The molecular formula is C19H23N3O3. The number of amides is 1. The highest BCUT2D eigenvalue weighted by molar-refractivity contribution is 5.78. The zero-order valence-electron chi connectivity index (χ0n) is 14.4. The third-order valence-corrected chi connectivity index (χ3v) is 5.05. The zero-order chi connectivity index (χ0) is 17.2. The van der Waals surface area contributed by atoms with E-state index in [4.69, 9.17) is 9.26 Å². The number of carbonyl (C=O) groups is 1. The van der Waals surface area contributed by atoms with Crippen LogP contribution < -0.4 is 0 Å². The van der Waals surface area contributed by atoms with Crippen LogP contribution in [0.25, 0.3) is 0 Å². The third-order valence-electron chi connectivity index (χ3n) is 5.05. The van der Waals surface area contributed by atoms with E-state index < -0.39 is 0 Å². The van der Waals surface area contributed by atoms with Crippen LogP contribution in [0.1, 0.15) is 23.1 Å². The summed E-state index contributed by atoms with van der Waals surface area (Å²) in [6.45, 7) is 5.56. The molecule has 132 valence electrons. The number of piperazine rings is 1. The van der Waals surface area contributed by atoms with Crippen LogP contribution in [0.5, 0.6) is 0 Å². The Bertz CT molecular complexity index is 731. The molecule has 6 heteroatoms. The molecule has 0 spiro atoms. The van der Waals surface area contributed by atoms with E-state index in [0.717, 1.165) is 18.8 Å². The van der Waals surface area contributed by atoms with E-state index in [1.54, 1.807) is 0 Å². The van der Waals surface area contributed by atoms with Gasteiger partial charge in [0.2, 0.25) is 5.91 Å². The van der Waals surface area contributed by atoms with Gasteiger partial charge in [-0.05, 0) is 12.5 Å². The highest BCUT2D eigenvalue weighted by atomic mass is 16.5. The summed E-state index contributed by atoms with van der Waals surface area (Å²) in [4.78, 5) is 17.0. The second kappa shape index (κ2) is 6.98. The average Bonchev–Trinajstić information content (AvgIpc) is 3.06. The Hall–Kier alpha value is -2.18. The number of carbonyl (C=O) groups excluding carboxylic acids is 1. The molecule has 4 rings (SSSR count). The fourth-order valence-corrected chi connectivity index (χ4v) is 3.79. The SMILES string of the molecule is Cc1cc(CC(=O)N2CCN3[C@@H](COC[C@@H]3c3ccccc3)C2)on1. The van der Waals surface area contributed by atoms with E-state index in [-0.39, 0.29) is 24.4 Å². The van der Waals surface area contributed by atoms with Gasteiger partial charge in [0.05, 0.1) is 37.4 Å². The molecule has 0 unspecified atom stereocenters. The summed E-state index contributed by atoms with van der Waals surface area (Å²) in [5.41, 5.74) is 2.09. The van der Waals surface area contributed by atoms with Gasteiger partial charge in [-0.3, -0.25) is 9.69 Å². The summed E-state index contributed by atoms with van der Waals surface area (Å²) in [6, 6.07) is 12.8. The summed E-state index contributed by atoms with van der Waals surface area (Å²) in [6.07, 6.45) is 0.274. The molecule has 2 saturated heterocycles. The van der Waals surface area contributed by atoms with Crippen LogP contribution in [0, 0.1) is 6.92 Å². The summed E-state index contributed by atoms with van der Waals surface area (Å²) in [5, 5.41) is 3.85. The predicted octanol–water partition coefficient (Wildman–Crippen LogP) is 1.81. The molecule has 0 aliphatic carbocycles. The number of aryl methyl sites for hydroxylation is 1. The molecule has 0 saturated carbocycles. The fraction of sp³-hybridized carbons (Fsp3) is 0.474. The number of nitrogens with zero attached hydrogens (tertiary/aromatic N) is 3. The number of fused-ring (bicyclic) bond motifs is 1. The van der Waals surface area contributed by atoms with Crippen molar-refractivity contribution in [2.75, 3.05) is 32.8 Å². The maximum atomic E-state index is 12.6. The summed E-state index contributed by atoms with van der Waals surface area (Å²) >= 11 is 0. The first-order valence-electron chi connectivity index (χ1n) is 8.79. The number of benzene rings is 1. The van der Waals surface area contributed by atoms with E-state index in [1.807, 2.05) is 24.0 Å². The van der Waals surface area contributed by atoms with Crippen molar-refractivity contribution in [1.29, 1.82) is 0 Å². The average molecular weight is 341 g/mol. The van der Waals surface area contributed by atoms with E-state index in [1.165, 1.54) is 5.56 Å². The normalized spacial score (nSPS) is 24.1. The molecule has 3 heterocycles. The van der Waals surface area contributed by atoms with Crippen LogP contribution in [0.3, 0.4) is 0 Å². The number of hydrogen-bond acceptors (Lipinski definition) is 5. The Balaban J connectivity index is 1.42. The van der Waals surface area contributed by atoms with Crippen LogP contribution >= 0.6 is 0 Å². The maximum absolute atomic E-state index is 12.6. The highest BCUT2D eigenvalue weighted by Gasteiger charge is 2.37. The van der Waals surface area contributed by atoms with Crippen molar-refractivity contribution in [2.45, 2.75) is 25.4 Å². The van der Waals surface area contributed by atoms with Gasteiger partial charge in [0.15, 0.2) is 0 Å². The lowest BCUT2D eigenvalue weighted by molar-refractivity contribution is -0.139. The largest absolute Gasteiger partial charge is 0.378 e. The van der Waals surface area contributed by atoms with Gasteiger partial charge in [-0.15, -0.1) is 0 Å². The molecule has 2 aromatic rings. The lowest BCUT2D eigenvalue weighted by Gasteiger charge is -2.48. The standard InChI is InChI=1S/C19H23N3O3/c1-14-9-17(25-20-14)10-19(23)21-7-8-22-16(11-21)12-24-13-18(22)15-5-3-2-4-6-15/h2-6,9,16,18H,7-8,10-13H2,1H3/t16-,18-/m1/s1. The lowest BCUT2D eigenvalue weighted by Crippen LogP contribution is -2.60. The monoisotopic (exact) mass is 341 g/mol. The van der Waals surface area contributed by atoms with Gasteiger partial charge in [-0.25, -0.2) is 0 Å². The van der Waals surface area contributed by atoms with Crippen LogP contribution in [-0.4, -0.2) is 59.8 Å². The number of ether oxygens (including phenoxy) is 1. The fourth-order valence-electron chi connectivity index (χ4n) is 3.79. The number of morpholine rings is 1. The lowest BCUT2D eigenvalue weighted by atomic mass is 10.00. The van der Waals surface area contributed by atoms with Crippen molar-refractivity contribution < 1.29 is 14.1 Å². The first-order chi connectivity index (χ1) is 12.2. The van der Waals surface area contributed by atoms with Gasteiger partial charge in [0.25, 0.3) is 0 Å². The van der Waals surface area contributed by atoms with E-state index >= 15 is 0 Å². The Morgan fingerprint density at radius 3 is 2.84 bits per heavy atom. The van der Waals surface area contributed by atoms with Crippen molar-refractivity contribution in [2.24, 2.45) is 0 Å². The summed E-state index contributed by atoms with van der Waals surface area (Å²) in [5.74, 6) is 0.727. The zero-order valence-corrected chi connectivity index (χ0v) is 14.4. The molecule has 25 heavy (non-hydrogen) atoms. The Morgan fingerprint density at radius 1 is 1.24 bits per heavy atom. The minimum absolute atomic E-state index is 0.0950. The molecule has 0 radical (unpaired) electrons. The van der Waals surface area contributed by atoms with Gasteiger partial charge in [-0.2, -0.15) is 0 Å². The predicted molar refractivity (Wildman–Crippen MR) is 92.0 cm³/mol. The smallest absolute Gasteiger partial charge is 0.230 e. The van der Waals surface area contributed by atoms with Crippen molar-refractivity contribution in [3.63, 3.8) is 0 Å². The van der Waals surface area contributed by atoms with Crippen LogP contribution in [0.15, 0.2) is 40.9 Å². The van der Waals surface area contributed by atoms with E-state index in [9.17, 15) is 4.79 Å². The van der Waals surface area contributed by atoms with Crippen molar-refractivity contribution >= 4 is 5.91 Å². The van der Waals surface area contributed by atoms with Crippen molar-refractivity contribution in [1.82, 2.24) is 15.0 Å². The molecule has 2 aliphatic rings. The van der Waals surface area contributed by atoms with Gasteiger partial charge < -0.3 is 14.2 Å². The Kier molecular flexibility index (Phi) is 4.55. The molecular weight excluding hydrogens is 318 g/mol. The molecule has 2 fully saturated rings. The molecule has 2 aliphatic heterocycles. The van der Waals surface area contributed by atoms with E-state index in [2.05, 4.69) is 34.3 Å². The number of hydrogen-bond donors (Lipinski definition) is 0. The molecule has 1 amide bonds. The van der Waals surface area contributed by atoms with Crippen LogP contribution in [-0.2, 0) is 16.0 Å². The maximum Gasteiger partial charge on any atom is 0.230 e. The molecule has 6 nitrogen and oxygen atoms in total. The highest BCUT2D eigenvalue weighted by Crippen LogP contribution is 2.29. The van der Waals surface area contributed by atoms with Crippen molar-refractivity contribution in [3.8, 4) is 0 Å².